The highest BCUT2D eigenvalue weighted by Gasteiger charge is 2.57. The van der Waals surface area contributed by atoms with Crippen LogP contribution in [0.15, 0.2) is 60.9 Å². The normalized spacial score (nSPS) is 24.4. The number of amides is 4. The number of fused-ring (bicyclic) bond motifs is 2. The Morgan fingerprint density at radius 3 is 1.30 bits per heavy atom. The monoisotopic (exact) mass is 762 g/mol. The van der Waals surface area contributed by atoms with Crippen LogP contribution in [0.4, 0.5) is 9.59 Å². The summed E-state index contributed by atoms with van der Waals surface area (Å²) in [4.78, 5) is 71.9. The van der Waals surface area contributed by atoms with Crippen molar-refractivity contribution in [3.8, 4) is 33.6 Å². The number of alkyl carbamates (subject to hydrolysis) is 2. The molecule has 4 aliphatic rings. The van der Waals surface area contributed by atoms with E-state index in [1.165, 1.54) is 14.2 Å². The third-order valence-electron chi connectivity index (χ3n) is 12.0. The number of piperidine rings is 2. The fourth-order valence-electron chi connectivity index (χ4n) is 8.74. The molecule has 2 aromatic heterocycles. The highest BCUT2D eigenvalue weighted by molar-refractivity contribution is 5.88. The molecule has 0 radical (unpaired) electrons. The number of ether oxygens (including phenoxy) is 2. The molecule has 8 rings (SSSR count). The molecule has 4 unspecified atom stereocenters. The second-order valence-corrected chi connectivity index (χ2v) is 16.4. The molecular formula is C42H50N8O6. The Bertz CT molecular complexity index is 1960. The molecule has 2 saturated heterocycles. The predicted octanol–water partition coefficient (Wildman–Crippen LogP) is 6.22. The molecule has 8 atom stereocenters. The molecule has 294 valence electrons. The van der Waals surface area contributed by atoms with Crippen molar-refractivity contribution in [2.24, 2.45) is 23.7 Å². The Balaban J connectivity index is 0.931. The molecule has 4 heterocycles. The summed E-state index contributed by atoms with van der Waals surface area (Å²) in [5.74, 6) is 2.01. The zero-order valence-corrected chi connectivity index (χ0v) is 32.6. The van der Waals surface area contributed by atoms with Crippen LogP contribution in [-0.4, -0.2) is 92.1 Å². The van der Waals surface area contributed by atoms with Crippen LogP contribution in [0.2, 0.25) is 0 Å². The largest absolute Gasteiger partial charge is 0.453 e. The molecule has 2 saturated carbocycles. The smallest absolute Gasteiger partial charge is 0.407 e. The molecule has 4 aromatic rings. The molecule has 0 bridgehead atoms. The molecule has 2 aromatic carbocycles. The number of hydrogen-bond donors (Lipinski definition) is 4. The second-order valence-electron chi connectivity index (χ2n) is 16.4. The minimum Gasteiger partial charge on any atom is -0.453 e. The lowest BCUT2D eigenvalue weighted by molar-refractivity contribution is -0.137. The van der Waals surface area contributed by atoms with Gasteiger partial charge in [-0.25, -0.2) is 19.6 Å². The maximum absolute atomic E-state index is 13.8. The first-order valence-electron chi connectivity index (χ1n) is 19.6. The molecule has 56 heavy (non-hydrogen) atoms. The summed E-state index contributed by atoms with van der Waals surface area (Å²) in [6.45, 7) is 7.67. The number of rotatable bonds is 11. The molecule has 2 aliphatic heterocycles. The van der Waals surface area contributed by atoms with Crippen molar-refractivity contribution in [3.63, 3.8) is 0 Å². The minimum absolute atomic E-state index is 0.0971. The number of benzene rings is 2. The van der Waals surface area contributed by atoms with E-state index in [2.05, 4.69) is 69.1 Å². The van der Waals surface area contributed by atoms with Crippen molar-refractivity contribution in [1.29, 1.82) is 0 Å². The van der Waals surface area contributed by atoms with Gasteiger partial charge in [-0.1, -0.05) is 76.2 Å². The molecule has 4 N–H and O–H groups in total. The standard InChI is InChI=1S/C42H50N8O6/c1-21(2)35(47-41(53)55-5)39(51)49-31-15-27(31)17-33(49)37-43-19-29(45-37)25-11-7-23(8-12-25)24-9-13-26(14-10-24)30-20-44-38(46-30)34-18-28-16-32(28)50(34)40(52)36(22(3)4)48-42(54)56-6/h7-14,19-22,27-28,31-36H,15-18H2,1-6H3,(H,43,45)(H,44,46)(H,47,53)(H,48,54)/t27-,28?,31?,32-,33?,34?,35+,36+/m1/s1. The fraction of sp³-hybridized carbons (Fsp3) is 0.476. The van der Waals surface area contributed by atoms with Crippen LogP contribution in [0.5, 0.6) is 0 Å². The summed E-state index contributed by atoms with van der Waals surface area (Å²) in [7, 11) is 2.60. The SMILES string of the molecule is COC(=O)N[C@H](C(=O)N1C(c2ncc(-c3ccc(-c4ccc(-c5cnc(C6CC7C[C@H]7N6C(=O)[C@@H](NC(=O)OC)C(C)C)[nH]5)cc4)cc3)[nH]2)C[C@H]2CC21)C(C)C. The Kier molecular flexibility index (Phi) is 9.83. The van der Waals surface area contributed by atoms with Gasteiger partial charge in [-0.2, -0.15) is 0 Å². The Hall–Kier alpha value is -5.66. The van der Waals surface area contributed by atoms with Crippen molar-refractivity contribution in [1.82, 2.24) is 40.4 Å². The molecule has 0 spiro atoms. The number of carbonyl (C=O) groups is 4. The lowest BCUT2D eigenvalue weighted by Crippen LogP contribution is -2.52. The van der Waals surface area contributed by atoms with E-state index in [1.54, 1.807) is 0 Å². The average Bonchev–Trinajstić information content (AvgIpc) is 3.79. The maximum Gasteiger partial charge on any atom is 0.407 e. The zero-order chi connectivity index (χ0) is 39.4. The number of nitrogens with one attached hydrogen (secondary N) is 4. The van der Waals surface area contributed by atoms with Gasteiger partial charge in [0, 0.05) is 12.1 Å². The van der Waals surface area contributed by atoms with E-state index in [-0.39, 0.29) is 47.8 Å². The summed E-state index contributed by atoms with van der Waals surface area (Å²) in [5, 5.41) is 5.47. The van der Waals surface area contributed by atoms with Crippen LogP contribution >= 0.6 is 0 Å². The number of aromatic amines is 2. The van der Waals surface area contributed by atoms with Gasteiger partial charge in [-0.15, -0.1) is 0 Å². The molecule has 4 amide bonds. The Morgan fingerprint density at radius 1 is 0.607 bits per heavy atom. The van der Waals surface area contributed by atoms with E-state index in [9.17, 15) is 19.2 Å². The minimum atomic E-state index is -0.676. The van der Waals surface area contributed by atoms with Gasteiger partial charge in [0.05, 0.1) is 50.1 Å². The molecule has 14 heteroatoms. The van der Waals surface area contributed by atoms with Gasteiger partial charge in [0.2, 0.25) is 11.8 Å². The number of likely N-dealkylation sites (tertiary alicyclic amines) is 2. The number of aromatic nitrogens is 4. The first-order valence-corrected chi connectivity index (χ1v) is 19.6. The van der Waals surface area contributed by atoms with E-state index in [0.29, 0.717) is 11.8 Å². The van der Waals surface area contributed by atoms with Gasteiger partial charge < -0.3 is 39.9 Å². The molecule has 4 fully saturated rings. The third-order valence-corrected chi connectivity index (χ3v) is 12.0. The van der Waals surface area contributed by atoms with E-state index in [4.69, 9.17) is 19.4 Å². The van der Waals surface area contributed by atoms with Crippen LogP contribution in [0.3, 0.4) is 0 Å². The van der Waals surface area contributed by atoms with E-state index < -0.39 is 24.3 Å². The van der Waals surface area contributed by atoms with E-state index >= 15 is 0 Å². The third kappa shape index (κ3) is 7.01. The van der Waals surface area contributed by atoms with Crippen molar-refractivity contribution in [2.45, 2.75) is 89.6 Å². The number of imidazole rings is 2. The van der Waals surface area contributed by atoms with Crippen LogP contribution in [0.1, 0.15) is 77.1 Å². The van der Waals surface area contributed by atoms with E-state index in [0.717, 1.165) is 71.0 Å². The fourth-order valence-corrected chi connectivity index (χ4v) is 8.74. The first kappa shape index (κ1) is 37.3. The lowest BCUT2D eigenvalue weighted by Gasteiger charge is -2.31. The highest BCUT2D eigenvalue weighted by Crippen LogP contribution is 2.54. The second kappa shape index (κ2) is 14.8. The van der Waals surface area contributed by atoms with Crippen molar-refractivity contribution in [2.75, 3.05) is 14.2 Å². The summed E-state index contributed by atoms with van der Waals surface area (Å²) < 4.78 is 9.58. The number of hydrogen-bond acceptors (Lipinski definition) is 8. The van der Waals surface area contributed by atoms with Gasteiger partial charge in [0.1, 0.15) is 23.7 Å². The zero-order valence-electron chi connectivity index (χ0n) is 32.6. The predicted molar refractivity (Wildman–Crippen MR) is 208 cm³/mol. The summed E-state index contributed by atoms with van der Waals surface area (Å²) in [6, 6.07) is 15.2. The van der Waals surface area contributed by atoms with Gasteiger partial charge >= 0.3 is 12.2 Å². The number of nitrogens with zero attached hydrogens (tertiary/aromatic N) is 4. The Labute approximate surface area is 326 Å². The van der Waals surface area contributed by atoms with Gasteiger partial charge in [0.15, 0.2) is 0 Å². The average molecular weight is 763 g/mol. The number of methoxy groups -OCH3 is 2. The molecule has 2 aliphatic carbocycles. The highest BCUT2D eigenvalue weighted by atomic mass is 16.5. The summed E-state index contributed by atoms with van der Waals surface area (Å²) in [5.41, 5.74) is 5.85. The van der Waals surface area contributed by atoms with Gasteiger partial charge in [-0.05, 0) is 71.6 Å². The Morgan fingerprint density at radius 2 is 0.964 bits per heavy atom. The molecule has 14 nitrogen and oxygen atoms in total. The summed E-state index contributed by atoms with van der Waals surface area (Å²) >= 11 is 0. The van der Waals surface area contributed by atoms with Crippen molar-refractivity contribution in [3.05, 3.63) is 72.6 Å². The van der Waals surface area contributed by atoms with Crippen molar-refractivity contribution < 1.29 is 28.7 Å². The van der Waals surface area contributed by atoms with Crippen LogP contribution in [-0.2, 0) is 19.1 Å². The number of carbonyl (C=O) groups excluding carboxylic acids is 4. The number of H-pyrrole nitrogens is 2. The van der Waals surface area contributed by atoms with Crippen LogP contribution in [0, 0.1) is 23.7 Å². The molecular weight excluding hydrogens is 713 g/mol. The van der Waals surface area contributed by atoms with Crippen LogP contribution < -0.4 is 10.6 Å². The summed E-state index contributed by atoms with van der Waals surface area (Å²) in [6.07, 6.45) is 6.06. The topological polar surface area (TPSA) is 175 Å². The lowest BCUT2D eigenvalue weighted by atomic mass is 10.0. The van der Waals surface area contributed by atoms with Crippen molar-refractivity contribution >= 4 is 24.0 Å². The maximum atomic E-state index is 13.8. The first-order chi connectivity index (χ1) is 26.9. The van der Waals surface area contributed by atoms with Gasteiger partial charge in [0.25, 0.3) is 0 Å². The van der Waals surface area contributed by atoms with Crippen LogP contribution in [0.25, 0.3) is 33.6 Å². The van der Waals surface area contributed by atoms with E-state index in [1.807, 2.05) is 49.9 Å². The quantitative estimate of drug-likeness (QED) is 0.139. The van der Waals surface area contributed by atoms with Gasteiger partial charge in [-0.3, -0.25) is 9.59 Å².